The summed E-state index contributed by atoms with van der Waals surface area (Å²) >= 11 is 0. The Kier molecular flexibility index (Phi) is 7.65. The highest BCUT2D eigenvalue weighted by Gasteiger charge is 2.20. The van der Waals surface area contributed by atoms with Crippen LogP contribution in [0, 0.1) is 6.92 Å². The smallest absolute Gasteiger partial charge is 0.319 e. The highest BCUT2D eigenvalue weighted by molar-refractivity contribution is 7.89. The lowest BCUT2D eigenvalue weighted by molar-refractivity contribution is -0.116. The number of nitrogens with zero attached hydrogens (tertiary/aromatic N) is 2. The SMILES string of the molecule is CON(C)S(=O)(=O)c1ccc(NC(=O)NCCC(=O)Nc2ccc(C)cn2)cc1. The number of aryl methyl sites for hydroxylation is 1. The quantitative estimate of drug-likeness (QED) is 0.557. The van der Waals surface area contributed by atoms with E-state index in [0.29, 0.717) is 11.5 Å². The third-order valence-electron chi connectivity index (χ3n) is 3.82. The second-order valence-corrected chi connectivity index (χ2v) is 7.96. The summed E-state index contributed by atoms with van der Waals surface area (Å²) in [5.41, 5.74) is 1.38. The molecule has 0 aliphatic carbocycles. The number of hydroxylamine groups is 1. The molecular formula is C18H23N5O5S. The molecule has 1 aromatic heterocycles. The molecular weight excluding hydrogens is 398 g/mol. The van der Waals surface area contributed by atoms with Crippen LogP contribution in [0.2, 0.25) is 0 Å². The monoisotopic (exact) mass is 421 g/mol. The summed E-state index contributed by atoms with van der Waals surface area (Å²) in [6.07, 6.45) is 1.72. The van der Waals surface area contributed by atoms with Crippen molar-refractivity contribution in [3.05, 3.63) is 48.2 Å². The average Bonchev–Trinajstić information content (AvgIpc) is 2.69. The number of hydrogen-bond acceptors (Lipinski definition) is 6. The molecule has 0 bridgehead atoms. The standard InChI is InChI=1S/C18H23N5O5S/c1-13-4-9-16(20-12-13)22-17(24)10-11-19-18(25)21-14-5-7-15(8-6-14)29(26,27)23(2)28-3/h4-9,12H,10-11H2,1-3H3,(H2,19,21,25)(H,20,22,24). The van der Waals surface area contributed by atoms with Crippen molar-refractivity contribution in [1.82, 2.24) is 14.8 Å². The Morgan fingerprint density at radius 3 is 2.38 bits per heavy atom. The van der Waals surface area contributed by atoms with Gasteiger partial charge >= 0.3 is 6.03 Å². The summed E-state index contributed by atoms with van der Waals surface area (Å²) in [4.78, 5) is 32.6. The third kappa shape index (κ3) is 6.52. The first-order valence-corrected chi connectivity index (χ1v) is 10.1. The van der Waals surface area contributed by atoms with E-state index in [1.807, 2.05) is 13.0 Å². The topological polar surface area (TPSA) is 130 Å². The predicted octanol–water partition coefficient (Wildman–Crippen LogP) is 1.72. The molecule has 2 aromatic rings. The average molecular weight is 421 g/mol. The number of benzene rings is 1. The van der Waals surface area contributed by atoms with Crippen molar-refractivity contribution in [2.24, 2.45) is 0 Å². The van der Waals surface area contributed by atoms with Crippen molar-refractivity contribution in [2.45, 2.75) is 18.2 Å². The number of sulfonamides is 1. The van der Waals surface area contributed by atoms with Gasteiger partial charge in [-0.05, 0) is 42.8 Å². The van der Waals surface area contributed by atoms with Gasteiger partial charge in [0.15, 0.2) is 0 Å². The summed E-state index contributed by atoms with van der Waals surface area (Å²) in [7, 11) is -1.23. The van der Waals surface area contributed by atoms with Gasteiger partial charge < -0.3 is 16.0 Å². The van der Waals surface area contributed by atoms with Gasteiger partial charge in [0, 0.05) is 31.9 Å². The lowest BCUT2D eigenvalue weighted by Gasteiger charge is -2.14. The van der Waals surface area contributed by atoms with E-state index in [4.69, 9.17) is 4.84 Å². The molecule has 10 nitrogen and oxygen atoms in total. The number of amides is 3. The Bertz CT molecular complexity index is 946. The number of nitrogens with one attached hydrogen (secondary N) is 3. The number of anilines is 2. The van der Waals surface area contributed by atoms with Gasteiger partial charge in [0.2, 0.25) is 5.91 Å². The fourth-order valence-electron chi connectivity index (χ4n) is 2.17. The molecule has 3 amide bonds. The van der Waals surface area contributed by atoms with Gasteiger partial charge in [-0.3, -0.25) is 9.63 Å². The minimum Gasteiger partial charge on any atom is -0.337 e. The highest BCUT2D eigenvalue weighted by atomic mass is 32.2. The molecule has 2 rings (SSSR count). The van der Waals surface area contributed by atoms with Crippen LogP contribution < -0.4 is 16.0 Å². The normalized spacial score (nSPS) is 11.2. The highest BCUT2D eigenvalue weighted by Crippen LogP contribution is 2.17. The van der Waals surface area contributed by atoms with Crippen molar-refractivity contribution in [1.29, 1.82) is 0 Å². The van der Waals surface area contributed by atoms with E-state index >= 15 is 0 Å². The van der Waals surface area contributed by atoms with Gasteiger partial charge in [0.25, 0.3) is 10.0 Å². The Hall–Kier alpha value is -3.02. The molecule has 0 atom stereocenters. The molecule has 0 saturated heterocycles. The van der Waals surface area contributed by atoms with Crippen molar-refractivity contribution in [3.8, 4) is 0 Å². The van der Waals surface area contributed by atoms with Crippen LogP contribution in [-0.2, 0) is 19.7 Å². The molecule has 1 aromatic carbocycles. The Labute approximate surface area is 169 Å². The van der Waals surface area contributed by atoms with Crippen LogP contribution in [0.4, 0.5) is 16.3 Å². The molecule has 0 radical (unpaired) electrons. The molecule has 0 saturated carbocycles. The van der Waals surface area contributed by atoms with Crippen LogP contribution in [0.25, 0.3) is 0 Å². The van der Waals surface area contributed by atoms with Gasteiger partial charge in [0.05, 0.1) is 12.0 Å². The lowest BCUT2D eigenvalue weighted by atomic mass is 10.3. The van der Waals surface area contributed by atoms with E-state index < -0.39 is 16.1 Å². The van der Waals surface area contributed by atoms with E-state index in [1.54, 1.807) is 12.3 Å². The molecule has 0 fully saturated rings. The zero-order chi connectivity index (χ0) is 21.4. The number of carbonyl (C=O) groups excluding carboxylic acids is 2. The maximum Gasteiger partial charge on any atom is 0.319 e. The maximum absolute atomic E-state index is 12.1. The number of pyridine rings is 1. The van der Waals surface area contributed by atoms with Crippen LogP contribution in [0.5, 0.6) is 0 Å². The van der Waals surface area contributed by atoms with Crippen LogP contribution in [0.15, 0.2) is 47.5 Å². The van der Waals surface area contributed by atoms with E-state index in [0.717, 1.165) is 10.0 Å². The minimum atomic E-state index is -3.75. The molecule has 29 heavy (non-hydrogen) atoms. The molecule has 0 unspecified atom stereocenters. The summed E-state index contributed by atoms with van der Waals surface area (Å²) < 4.78 is 25.0. The van der Waals surface area contributed by atoms with Crippen LogP contribution in [-0.4, -0.2) is 50.5 Å². The van der Waals surface area contributed by atoms with Gasteiger partial charge in [-0.1, -0.05) is 10.5 Å². The summed E-state index contributed by atoms with van der Waals surface area (Å²) in [6, 6.07) is 8.61. The number of hydrogen-bond donors (Lipinski definition) is 3. The molecule has 3 N–H and O–H groups in total. The summed E-state index contributed by atoms with van der Waals surface area (Å²) in [5.74, 6) is 0.165. The van der Waals surface area contributed by atoms with Crippen LogP contribution in [0.1, 0.15) is 12.0 Å². The second-order valence-electron chi connectivity index (χ2n) is 6.02. The van der Waals surface area contributed by atoms with Crippen molar-refractivity contribution < 1.29 is 22.8 Å². The second kappa shape index (κ2) is 9.96. The molecule has 0 spiro atoms. The van der Waals surface area contributed by atoms with Gasteiger partial charge in [-0.2, -0.15) is 0 Å². The number of carbonyl (C=O) groups is 2. The van der Waals surface area contributed by atoms with Gasteiger partial charge in [-0.15, -0.1) is 0 Å². The maximum atomic E-state index is 12.1. The fourth-order valence-corrected chi connectivity index (χ4v) is 3.14. The van der Waals surface area contributed by atoms with E-state index in [-0.39, 0.29) is 23.8 Å². The van der Waals surface area contributed by atoms with Crippen LogP contribution in [0.3, 0.4) is 0 Å². The molecule has 156 valence electrons. The van der Waals surface area contributed by atoms with Crippen LogP contribution >= 0.6 is 0 Å². The zero-order valence-electron chi connectivity index (χ0n) is 16.3. The largest absolute Gasteiger partial charge is 0.337 e. The van der Waals surface area contributed by atoms with E-state index in [2.05, 4.69) is 20.9 Å². The first-order chi connectivity index (χ1) is 13.7. The van der Waals surface area contributed by atoms with Crippen molar-refractivity contribution in [3.63, 3.8) is 0 Å². The van der Waals surface area contributed by atoms with Gasteiger partial charge in [-0.25, -0.2) is 18.2 Å². The Morgan fingerprint density at radius 2 is 1.79 bits per heavy atom. The lowest BCUT2D eigenvalue weighted by Crippen LogP contribution is -2.31. The molecule has 0 aliphatic heterocycles. The number of aromatic nitrogens is 1. The van der Waals surface area contributed by atoms with Crippen molar-refractivity contribution >= 4 is 33.5 Å². The zero-order valence-corrected chi connectivity index (χ0v) is 17.1. The number of rotatable bonds is 8. The van der Waals surface area contributed by atoms with E-state index in [1.165, 1.54) is 38.4 Å². The summed E-state index contributed by atoms with van der Waals surface area (Å²) in [6.45, 7) is 2.01. The van der Waals surface area contributed by atoms with Gasteiger partial charge in [0.1, 0.15) is 5.82 Å². The predicted molar refractivity (Wildman–Crippen MR) is 108 cm³/mol. The third-order valence-corrected chi connectivity index (χ3v) is 5.52. The first kappa shape index (κ1) is 22.3. The fraction of sp³-hybridized carbons (Fsp3) is 0.278. The summed E-state index contributed by atoms with van der Waals surface area (Å²) in [5, 5.41) is 7.75. The molecule has 0 aliphatic rings. The number of urea groups is 1. The Balaban J connectivity index is 1.79. The minimum absolute atomic E-state index is 0.0224. The van der Waals surface area contributed by atoms with E-state index in [9.17, 15) is 18.0 Å². The molecule has 1 heterocycles. The molecule has 11 heteroatoms. The van der Waals surface area contributed by atoms with Crippen molar-refractivity contribution in [2.75, 3.05) is 31.3 Å². The Morgan fingerprint density at radius 1 is 1.10 bits per heavy atom. The first-order valence-electron chi connectivity index (χ1n) is 8.63.